The van der Waals surface area contributed by atoms with Crippen LogP contribution in [-0.2, 0) is 5.41 Å². The van der Waals surface area contributed by atoms with Crippen LogP contribution in [-0.4, -0.2) is 21.8 Å². The molecular weight excluding hydrogens is 304 g/mol. The van der Waals surface area contributed by atoms with Crippen molar-refractivity contribution >= 4 is 16.9 Å². The Kier molecular flexibility index (Phi) is 3.91. The van der Waals surface area contributed by atoms with E-state index < -0.39 is 0 Å². The zero-order valence-electron chi connectivity index (χ0n) is 14.7. The summed E-state index contributed by atoms with van der Waals surface area (Å²) in [7, 11) is 0. The Morgan fingerprint density at radius 2 is 1.92 bits per heavy atom. The standard InChI is InChI=1S/C18H22N4O2/c1-6-23-11-8-12-10(2)7-14(16-21-22-17(19)24-16)20-15(12)13(9-11)18(3,4)5/h7-9H,6H2,1-5H3,(H2,19,22). The number of benzene rings is 1. The lowest BCUT2D eigenvalue weighted by atomic mass is 9.84. The van der Waals surface area contributed by atoms with Gasteiger partial charge in [-0.15, -0.1) is 5.10 Å². The van der Waals surface area contributed by atoms with Gasteiger partial charge in [0.1, 0.15) is 11.4 Å². The van der Waals surface area contributed by atoms with Crippen LogP contribution in [0.5, 0.6) is 5.75 Å². The summed E-state index contributed by atoms with van der Waals surface area (Å²) in [5.74, 6) is 1.18. The molecule has 126 valence electrons. The van der Waals surface area contributed by atoms with Crippen LogP contribution in [0, 0.1) is 6.92 Å². The third kappa shape index (κ3) is 2.91. The summed E-state index contributed by atoms with van der Waals surface area (Å²) < 4.78 is 11.1. The van der Waals surface area contributed by atoms with Crippen molar-refractivity contribution in [3.05, 3.63) is 29.3 Å². The quantitative estimate of drug-likeness (QED) is 0.786. The van der Waals surface area contributed by atoms with Crippen LogP contribution in [0.1, 0.15) is 38.8 Å². The van der Waals surface area contributed by atoms with Gasteiger partial charge in [-0.25, -0.2) is 4.98 Å². The molecule has 24 heavy (non-hydrogen) atoms. The molecule has 0 unspecified atom stereocenters. The van der Waals surface area contributed by atoms with E-state index in [2.05, 4.69) is 37.0 Å². The molecule has 0 atom stereocenters. The van der Waals surface area contributed by atoms with E-state index in [1.54, 1.807) is 0 Å². The number of hydrogen-bond donors (Lipinski definition) is 1. The van der Waals surface area contributed by atoms with E-state index in [-0.39, 0.29) is 11.4 Å². The molecule has 0 saturated carbocycles. The summed E-state index contributed by atoms with van der Waals surface area (Å²) in [6, 6.07) is 6.05. The fraction of sp³-hybridized carbons (Fsp3) is 0.389. The van der Waals surface area contributed by atoms with Crippen molar-refractivity contribution < 1.29 is 9.15 Å². The molecule has 2 aromatic heterocycles. The van der Waals surface area contributed by atoms with E-state index in [9.17, 15) is 0 Å². The lowest BCUT2D eigenvalue weighted by Crippen LogP contribution is -2.13. The van der Waals surface area contributed by atoms with Crippen molar-refractivity contribution in [2.45, 2.75) is 40.0 Å². The predicted molar refractivity (Wildman–Crippen MR) is 94.1 cm³/mol. The maximum atomic E-state index is 5.74. The van der Waals surface area contributed by atoms with Gasteiger partial charge in [-0.05, 0) is 48.6 Å². The van der Waals surface area contributed by atoms with E-state index in [1.165, 1.54) is 0 Å². The first kappa shape index (κ1) is 16.2. The Morgan fingerprint density at radius 3 is 2.50 bits per heavy atom. The smallest absolute Gasteiger partial charge is 0.313 e. The molecule has 2 heterocycles. The average molecular weight is 326 g/mol. The molecule has 6 nitrogen and oxygen atoms in total. The summed E-state index contributed by atoms with van der Waals surface area (Å²) in [6.45, 7) is 11.1. The van der Waals surface area contributed by atoms with Gasteiger partial charge in [0.25, 0.3) is 5.89 Å². The highest BCUT2D eigenvalue weighted by Crippen LogP contribution is 2.35. The predicted octanol–water partition coefficient (Wildman–Crippen LogP) is 3.87. The first-order valence-corrected chi connectivity index (χ1v) is 7.97. The summed E-state index contributed by atoms with van der Waals surface area (Å²) in [6.07, 6.45) is 0. The van der Waals surface area contributed by atoms with E-state index >= 15 is 0 Å². The van der Waals surface area contributed by atoms with Crippen LogP contribution < -0.4 is 10.5 Å². The Morgan fingerprint density at radius 1 is 1.17 bits per heavy atom. The van der Waals surface area contributed by atoms with E-state index in [0.29, 0.717) is 18.2 Å². The average Bonchev–Trinajstić information content (AvgIpc) is 2.93. The molecule has 0 radical (unpaired) electrons. The van der Waals surface area contributed by atoms with E-state index in [0.717, 1.165) is 27.8 Å². The zero-order valence-corrected chi connectivity index (χ0v) is 14.7. The van der Waals surface area contributed by atoms with Gasteiger partial charge in [0.15, 0.2) is 0 Å². The van der Waals surface area contributed by atoms with Crippen molar-refractivity contribution in [2.24, 2.45) is 0 Å². The second-order valence-electron chi connectivity index (χ2n) is 6.82. The number of rotatable bonds is 3. The number of hydrogen-bond acceptors (Lipinski definition) is 6. The summed E-state index contributed by atoms with van der Waals surface area (Å²) >= 11 is 0. The number of anilines is 1. The van der Waals surface area contributed by atoms with Crippen molar-refractivity contribution in [3.63, 3.8) is 0 Å². The molecule has 0 amide bonds. The van der Waals surface area contributed by atoms with Crippen LogP contribution in [0.4, 0.5) is 6.01 Å². The lowest BCUT2D eigenvalue weighted by molar-refractivity contribution is 0.339. The minimum Gasteiger partial charge on any atom is -0.494 e. The number of nitrogens with zero attached hydrogens (tertiary/aromatic N) is 3. The van der Waals surface area contributed by atoms with Crippen LogP contribution in [0.25, 0.3) is 22.5 Å². The zero-order chi connectivity index (χ0) is 17.5. The van der Waals surface area contributed by atoms with Gasteiger partial charge in [0.2, 0.25) is 0 Å². The monoisotopic (exact) mass is 326 g/mol. The third-order valence-corrected chi connectivity index (χ3v) is 3.87. The third-order valence-electron chi connectivity index (χ3n) is 3.87. The highest BCUT2D eigenvalue weighted by molar-refractivity contribution is 5.89. The van der Waals surface area contributed by atoms with Gasteiger partial charge in [0.05, 0.1) is 12.1 Å². The molecule has 3 aromatic rings. The molecule has 1 aromatic carbocycles. The largest absolute Gasteiger partial charge is 0.494 e. The summed E-state index contributed by atoms with van der Waals surface area (Å²) in [5.41, 5.74) is 9.17. The highest BCUT2D eigenvalue weighted by atomic mass is 16.5. The molecule has 0 saturated heterocycles. The second kappa shape index (κ2) is 5.78. The fourth-order valence-corrected chi connectivity index (χ4v) is 2.73. The van der Waals surface area contributed by atoms with Crippen LogP contribution in [0.2, 0.25) is 0 Å². The van der Waals surface area contributed by atoms with E-state index in [4.69, 9.17) is 19.9 Å². The molecule has 0 fully saturated rings. The van der Waals surface area contributed by atoms with Gasteiger partial charge < -0.3 is 14.9 Å². The molecular formula is C18H22N4O2. The molecule has 3 rings (SSSR count). The van der Waals surface area contributed by atoms with Gasteiger partial charge in [-0.3, -0.25) is 0 Å². The molecule has 0 aliphatic carbocycles. The molecule has 6 heteroatoms. The first-order valence-electron chi connectivity index (χ1n) is 7.97. The Hall–Kier alpha value is -2.63. The van der Waals surface area contributed by atoms with Crippen molar-refractivity contribution in [1.82, 2.24) is 15.2 Å². The fourth-order valence-electron chi connectivity index (χ4n) is 2.73. The van der Waals surface area contributed by atoms with Crippen molar-refractivity contribution in [3.8, 4) is 17.3 Å². The minimum absolute atomic E-state index is 0.0345. The first-order chi connectivity index (χ1) is 11.3. The number of nitrogen functional groups attached to an aromatic ring is 1. The minimum atomic E-state index is -0.0860. The number of ether oxygens (including phenoxy) is 1. The van der Waals surface area contributed by atoms with E-state index in [1.807, 2.05) is 26.0 Å². The van der Waals surface area contributed by atoms with Crippen LogP contribution in [0.15, 0.2) is 22.6 Å². The molecule has 0 spiro atoms. The SMILES string of the molecule is CCOc1cc(C(C)(C)C)c2nc(-c3nnc(N)o3)cc(C)c2c1. The highest BCUT2D eigenvalue weighted by Gasteiger charge is 2.22. The molecule has 0 bridgehead atoms. The maximum absolute atomic E-state index is 5.74. The number of aryl methyl sites for hydroxylation is 1. The molecule has 2 N–H and O–H groups in total. The van der Waals surface area contributed by atoms with Gasteiger partial charge in [-0.1, -0.05) is 25.9 Å². The number of aromatic nitrogens is 3. The van der Waals surface area contributed by atoms with Crippen molar-refractivity contribution in [2.75, 3.05) is 12.3 Å². The number of pyridine rings is 1. The Bertz CT molecular complexity index is 894. The van der Waals surface area contributed by atoms with Crippen molar-refractivity contribution in [1.29, 1.82) is 0 Å². The van der Waals surface area contributed by atoms with Gasteiger partial charge in [0, 0.05) is 5.39 Å². The van der Waals surface area contributed by atoms with Crippen LogP contribution >= 0.6 is 0 Å². The maximum Gasteiger partial charge on any atom is 0.313 e. The Labute approximate surface area is 141 Å². The normalized spacial score (nSPS) is 11.9. The Balaban J connectivity index is 2.30. The molecule has 0 aliphatic rings. The lowest BCUT2D eigenvalue weighted by Gasteiger charge is -2.22. The second-order valence-corrected chi connectivity index (χ2v) is 6.82. The summed E-state index contributed by atoms with van der Waals surface area (Å²) in [4.78, 5) is 4.78. The topological polar surface area (TPSA) is 87.1 Å². The van der Waals surface area contributed by atoms with Gasteiger partial charge >= 0.3 is 6.01 Å². The number of fused-ring (bicyclic) bond motifs is 1. The van der Waals surface area contributed by atoms with Gasteiger partial charge in [-0.2, -0.15) is 0 Å². The number of nitrogens with two attached hydrogens (primary N) is 1. The summed E-state index contributed by atoms with van der Waals surface area (Å²) in [5, 5.41) is 8.71. The van der Waals surface area contributed by atoms with Crippen LogP contribution in [0.3, 0.4) is 0 Å². The molecule has 0 aliphatic heterocycles.